The Hall–Kier alpha value is -3.02. The number of carbonyl (C=O) groups excluding carboxylic acids is 1. The summed E-state index contributed by atoms with van der Waals surface area (Å²) in [5.41, 5.74) is 2.14. The summed E-state index contributed by atoms with van der Waals surface area (Å²) in [5.74, 6) is 7.22. The lowest BCUT2D eigenvalue weighted by Gasteiger charge is -2.37. The van der Waals surface area contributed by atoms with Gasteiger partial charge in [-0.05, 0) is 32.9 Å². The van der Waals surface area contributed by atoms with Crippen LogP contribution in [0, 0.1) is 23.7 Å². The third-order valence-corrected chi connectivity index (χ3v) is 7.11. The number of likely N-dealkylation sites (N-methyl/N-ethyl adjacent to an activating group) is 1. The van der Waals surface area contributed by atoms with Gasteiger partial charge in [0.05, 0.1) is 12.6 Å². The molecule has 0 bridgehead atoms. The van der Waals surface area contributed by atoms with Gasteiger partial charge in [0.15, 0.2) is 0 Å². The summed E-state index contributed by atoms with van der Waals surface area (Å²) in [6, 6.07) is 1.48. The van der Waals surface area contributed by atoms with Crippen molar-refractivity contribution < 1.29 is 14.6 Å². The molecule has 2 aromatic heterocycles. The number of fused-ring (bicyclic) bond motifs is 1. The number of rotatable bonds is 6. The van der Waals surface area contributed by atoms with Crippen LogP contribution in [0.3, 0.4) is 0 Å². The van der Waals surface area contributed by atoms with Crippen molar-refractivity contribution in [2.45, 2.75) is 64.6 Å². The van der Waals surface area contributed by atoms with Crippen LogP contribution in [0.2, 0.25) is 0 Å². The lowest BCUT2D eigenvalue weighted by molar-refractivity contribution is 0.0325. The molecule has 1 aliphatic heterocycles. The van der Waals surface area contributed by atoms with Gasteiger partial charge in [-0.2, -0.15) is 0 Å². The summed E-state index contributed by atoms with van der Waals surface area (Å²) in [4.78, 5) is 30.2. The second-order valence-corrected chi connectivity index (χ2v) is 10.2. The lowest BCUT2D eigenvalue weighted by Crippen LogP contribution is -2.49. The maximum Gasteiger partial charge on any atom is 0.259 e. The molecule has 1 amide bonds. The Balaban J connectivity index is 1.59. The van der Waals surface area contributed by atoms with Crippen LogP contribution in [0.25, 0.3) is 0 Å². The molecule has 2 aromatic rings. The minimum Gasteiger partial charge on any atom is -0.472 e. The summed E-state index contributed by atoms with van der Waals surface area (Å²) < 4.78 is 6.40. The second kappa shape index (κ2) is 12.3. The molecule has 36 heavy (non-hydrogen) atoms. The van der Waals surface area contributed by atoms with Crippen LogP contribution < -0.4 is 4.74 Å². The van der Waals surface area contributed by atoms with E-state index in [9.17, 15) is 9.90 Å². The van der Waals surface area contributed by atoms with Crippen LogP contribution in [-0.2, 0) is 6.54 Å². The van der Waals surface area contributed by atoms with E-state index in [0.717, 1.165) is 24.0 Å². The Morgan fingerprint density at radius 2 is 1.97 bits per heavy atom. The highest BCUT2D eigenvalue weighted by atomic mass is 16.5. The molecule has 0 radical (unpaired) electrons. The van der Waals surface area contributed by atoms with Gasteiger partial charge in [-0.1, -0.05) is 38.0 Å². The van der Waals surface area contributed by atoms with E-state index < -0.39 is 0 Å². The number of amides is 1. The van der Waals surface area contributed by atoms with Gasteiger partial charge in [0.2, 0.25) is 5.88 Å². The first-order chi connectivity index (χ1) is 17.4. The molecule has 1 aliphatic carbocycles. The Kier molecular flexibility index (Phi) is 8.89. The van der Waals surface area contributed by atoms with E-state index in [1.54, 1.807) is 17.2 Å². The van der Waals surface area contributed by atoms with E-state index in [1.165, 1.54) is 25.6 Å². The van der Waals surface area contributed by atoms with E-state index >= 15 is 0 Å². The third kappa shape index (κ3) is 6.59. The van der Waals surface area contributed by atoms with Gasteiger partial charge in [0.25, 0.3) is 5.91 Å². The second-order valence-electron chi connectivity index (χ2n) is 10.2. The average molecular weight is 492 g/mol. The largest absolute Gasteiger partial charge is 0.472 e. The van der Waals surface area contributed by atoms with Crippen molar-refractivity contribution >= 4 is 5.91 Å². The predicted molar refractivity (Wildman–Crippen MR) is 137 cm³/mol. The highest BCUT2D eigenvalue weighted by molar-refractivity contribution is 5.97. The summed E-state index contributed by atoms with van der Waals surface area (Å²) in [6.07, 6.45) is 12.7. The smallest absolute Gasteiger partial charge is 0.259 e. The summed E-state index contributed by atoms with van der Waals surface area (Å²) >= 11 is 0. The molecular formula is C28H37N5O3. The maximum atomic E-state index is 13.6. The normalized spacial score (nSPS) is 21.6. The molecule has 0 unspecified atom stereocenters. The molecule has 0 spiro atoms. The van der Waals surface area contributed by atoms with E-state index in [-0.39, 0.29) is 30.6 Å². The Bertz CT molecular complexity index is 1080. The Labute approximate surface area is 214 Å². The first kappa shape index (κ1) is 26.1. The van der Waals surface area contributed by atoms with Gasteiger partial charge < -0.3 is 14.7 Å². The number of aliphatic hydroxyl groups is 1. The van der Waals surface area contributed by atoms with Crippen molar-refractivity contribution in [2.24, 2.45) is 11.8 Å². The molecule has 3 heterocycles. The van der Waals surface area contributed by atoms with Crippen molar-refractivity contribution in [3.8, 4) is 17.7 Å². The molecule has 2 aliphatic rings. The quantitative estimate of drug-likeness (QED) is 0.621. The van der Waals surface area contributed by atoms with Crippen molar-refractivity contribution in [2.75, 3.05) is 26.7 Å². The highest BCUT2D eigenvalue weighted by Gasteiger charge is 2.34. The molecule has 1 N–H and O–H groups in total. The van der Waals surface area contributed by atoms with Crippen molar-refractivity contribution in [1.82, 2.24) is 24.8 Å². The zero-order valence-corrected chi connectivity index (χ0v) is 21.6. The van der Waals surface area contributed by atoms with Crippen molar-refractivity contribution in [1.29, 1.82) is 0 Å². The number of aromatic nitrogens is 3. The molecule has 3 atom stereocenters. The number of pyridine rings is 1. The molecule has 0 saturated heterocycles. The van der Waals surface area contributed by atoms with Crippen LogP contribution in [0.5, 0.6) is 5.88 Å². The molecule has 0 aromatic carbocycles. The van der Waals surface area contributed by atoms with Crippen LogP contribution in [-0.4, -0.2) is 74.7 Å². The number of ether oxygens (including phenoxy) is 1. The van der Waals surface area contributed by atoms with Gasteiger partial charge in [-0.25, -0.2) is 15.0 Å². The predicted octanol–water partition coefficient (Wildman–Crippen LogP) is 3.16. The third-order valence-electron chi connectivity index (χ3n) is 7.11. The first-order valence-electron chi connectivity index (χ1n) is 13.0. The van der Waals surface area contributed by atoms with Crippen LogP contribution in [0.15, 0.2) is 31.0 Å². The number of hydrogen-bond acceptors (Lipinski definition) is 7. The minimum atomic E-state index is -0.317. The van der Waals surface area contributed by atoms with E-state index in [2.05, 4.69) is 38.6 Å². The zero-order chi connectivity index (χ0) is 25.5. The number of hydrogen-bond donors (Lipinski definition) is 1. The fourth-order valence-electron chi connectivity index (χ4n) is 4.92. The highest BCUT2D eigenvalue weighted by Crippen LogP contribution is 2.28. The van der Waals surface area contributed by atoms with E-state index in [0.29, 0.717) is 37.0 Å². The first-order valence-corrected chi connectivity index (χ1v) is 13.0. The van der Waals surface area contributed by atoms with Crippen LogP contribution in [0.1, 0.15) is 67.4 Å². The molecule has 8 heteroatoms. The maximum absolute atomic E-state index is 13.6. The topological polar surface area (TPSA) is 91.7 Å². The zero-order valence-electron chi connectivity index (χ0n) is 21.6. The molecule has 4 rings (SSSR count). The van der Waals surface area contributed by atoms with E-state index in [1.807, 2.05) is 26.4 Å². The number of nitrogens with zero attached hydrogens (tertiary/aromatic N) is 5. The van der Waals surface area contributed by atoms with Crippen LogP contribution >= 0.6 is 0 Å². The van der Waals surface area contributed by atoms with Gasteiger partial charge in [0, 0.05) is 61.2 Å². The van der Waals surface area contributed by atoms with Gasteiger partial charge in [0.1, 0.15) is 18.0 Å². The van der Waals surface area contributed by atoms with Crippen molar-refractivity contribution in [3.63, 3.8) is 0 Å². The van der Waals surface area contributed by atoms with Gasteiger partial charge in [-0.3, -0.25) is 9.69 Å². The Morgan fingerprint density at radius 1 is 1.22 bits per heavy atom. The standard InChI is InChI=1S/C28H37N5O3/c1-20-15-33(21(2)18-34)28(35)25-11-23(10-9-22-7-5-4-6-8-22)14-31-27(25)36-26(20)17-32(3)16-24-12-29-19-30-13-24/h11-14,19-22,26,34H,4-8,15-18H2,1-3H3/t20-,21+,26+/m1/s1. The minimum absolute atomic E-state index is 0.0261. The van der Waals surface area contributed by atoms with Gasteiger partial charge in [-0.15, -0.1) is 0 Å². The fraction of sp³-hybridized carbons (Fsp3) is 0.571. The number of carbonyl (C=O) groups is 1. The van der Waals surface area contributed by atoms with Gasteiger partial charge >= 0.3 is 0 Å². The SMILES string of the molecule is C[C@@H]1CN([C@@H](C)CO)C(=O)c2cc(C#CC3CCCCC3)cnc2O[C@H]1CN(C)Cc1cncnc1. The lowest BCUT2D eigenvalue weighted by atomic mass is 9.90. The summed E-state index contributed by atoms with van der Waals surface area (Å²) in [5, 5.41) is 9.88. The molecular weight excluding hydrogens is 454 g/mol. The molecule has 8 nitrogen and oxygen atoms in total. The monoisotopic (exact) mass is 491 g/mol. The summed E-state index contributed by atoms with van der Waals surface area (Å²) in [7, 11) is 2.03. The average Bonchev–Trinajstić information content (AvgIpc) is 2.90. The summed E-state index contributed by atoms with van der Waals surface area (Å²) in [6.45, 7) is 5.62. The molecule has 1 fully saturated rings. The molecule has 1 saturated carbocycles. The molecule has 192 valence electrons. The number of aliphatic hydroxyl groups excluding tert-OH is 1. The van der Waals surface area contributed by atoms with E-state index in [4.69, 9.17) is 4.74 Å². The Morgan fingerprint density at radius 3 is 2.69 bits per heavy atom. The van der Waals surface area contributed by atoms with Crippen LogP contribution in [0.4, 0.5) is 0 Å². The van der Waals surface area contributed by atoms with Crippen molar-refractivity contribution in [3.05, 3.63) is 47.7 Å². The fourth-order valence-corrected chi connectivity index (χ4v) is 4.92.